The summed E-state index contributed by atoms with van der Waals surface area (Å²) < 4.78 is 5.19. The Morgan fingerprint density at radius 2 is 1.82 bits per heavy atom. The van der Waals surface area contributed by atoms with Gasteiger partial charge in [0.1, 0.15) is 5.75 Å². The van der Waals surface area contributed by atoms with Crippen LogP contribution < -0.4 is 4.74 Å². The van der Waals surface area contributed by atoms with E-state index in [-0.39, 0.29) is 22.8 Å². The van der Waals surface area contributed by atoms with Crippen molar-refractivity contribution < 1.29 is 20.1 Å². The number of methoxy groups -OCH3 is 1. The van der Waals surface area contributed by atoms with Crippen LogP contribution in [0.4, 0.5) is 0 Å². The smallest absolute Gasteiger partial charge is 0.170 e. The summed E-state index contributed by atoms with van der Waals surface area (Å²) in [4.78, 5) is 0. The van der Waals surface area contributed by atoms with Gasteiger partial charge < -0.3 is 20.1 Å². The number of hydrogen-bond acceptors (Lipinski definition) is 4. The van der Waals surface area contributed by atoms with Crippen molar-refractivity contribution in [3.8, 4) is 17.2 Å². The SMILES string of the molecule is C/C=C\C(C)=C\C(C)(C)c1c(C)c(O)c(CO)c(OC)c1O. The molecule has 0 heterocycles. The van der Waals surface area contributed by atoms with Crippen molar-refractivity contribution in [1.82, 2.24) is 0 Å². The summed E-state index contributed by atoms with van der Waals surface area (Å²) in [5.74, 6) is 0.0273. The molecule has 0 unspecified atom stereocenters. The van der Waals surface area contributed by atoms with Gasteiger partial charge in [0.2, 0.25) is 0 Å². The summed E-state index contributed by atoms with van der Waals surface area (Å²) in [7, 11) is 1.40. The number of rotatable bonds is 5. The maximum absolute atomic E-state index is 10.6. The summed E-state index contributed by atoms with van der Waals surface area (Å²) in [6.45, 7) is 9.16. The van der Waals surface area contributed by atoms with E-state index in [1.165, 1.54) is 7.11 Å². The molecule has 0 bridgehead atoms. The Labute approximate surface area is 132 Å². The Balaban J connectivity index is 3.67. The monoisotopic (exact) mass is 306 g/mol. The predicted octanol–water partition coefficient (Wildman–Crippen LogP) is 3.71. The Morgan fingerprint density at radius 3 is 2.27 bits per heavy atom. The molecule has 4 nitrogen and oxygen atoms in total. The first-order valence-corrected chi connectivity index (χ1v) is 7.26. The molecular formula is C18H26O4. The van der Waals surface area contributed by atoms with Crippen molar-refractivity contribution in [3.63, 3.8) is 0 Å². The molecule has 0 atom stereocenters. The zero-order valence-electron chi connectivity index (χ0n) is 14.2. The van der Waals surface area contributed by atoms with Gasteiger partial charge in [0.05, 0.1) is 19.3 Å². The Bertz CT molecular complexity index is 610. The quantitative estimate of drug-likeness (QED) is 0.573. The van der Waals surface area contributed by atoms with Crippen molar-refractivity contribution in [2.45, 2.75) is 46.6 Å². The van der Waals surface area contributed by atoms with E-state index in [4.69, 9.17) is 4.74 Å². The molecule has 22 heavy (non-hydrogen) atoms. The number of hydrogen-bond donors (Lipinski definition) is 3. The van der Waals surface area contributed by atoms with Gasteiger partial charge in [0.25, 0.3) is 0 Å². The zero-order chi connectivity index (χ0) is 17.1. The summed E-state index contributed by atoms with van der Waals surface area (Å²) in [5, 5.41) is 30.3. The van der Waals surface area contributed by atoms with Crippen LogP contribution >= 0.6 is 0 Å². The first-order valence-electron chi connectivity index (χ1n) is 7.26. The highest BCUT2D eigenvalue weighted by molar-refractivity contribution is 5.64. The number of phenolic OH excluding ortho intramolecular Hbond substituents is 1. The van der Waals surface area contributed by atoms with Gasteiger partial charge in [-0.05, 0) is 26.3 Å². The number of aromatic hydroxyl groups is 2. The summed E-state index contributed by atoms with van der Waals surface area (Å²) in [6.07, 6.45) is 5.95. The standard InChI is InChI=1S/C18H26O4/c1-7-8-11(2)9-18(4,5)14-12(3)15(20)13(10-19)17(22-6)16(14)21/h7-9,19-21H,10H2,1-6H3/b8-7-,11-9+. The molecule has 0 aliphatic rings. The van der Waals surface area contributed by atoms with Crippen LogP contribution in [0.2, 0.25) is 0 Å². The van der Waals surface area contributed by atoms with Gasteiger partial charge in [0, 0.05) is 11.0 Å². The predicted molar refractivity (Wildman–Crippen MR) is 88.6 cm³/mol. The molecule has 0 saturated heterocycles. The normalized spacial score (nSPS) is 13.0. The van der Waals surface area contributed by atoms with Crippen LogP contribution in [0, 0.1) is 6.92 Å². The van der Waals surface area contributed by atoms with E-state index in [1.54, 1.807) is 6.92 Å². The first-order chi connectivity index (χ1) is 10.2. The molecule has 3 N–H and O–H groups in total. The summed E-state index contributed by atoms with van der Waals surface area (Å²) in [5.41, 5.74) is 1.86. The van der Waals surface area contributed by atoms with Crippen LogP contribution in [-0.2, 0) is 12.0 Å². The average Bonchev–Trinajstić information content (AvgIpc) is 2.41. The third-order valence-electron chi connectivity index (χ3n) is 3.77. The molecule has 1 aromatic rings. The molecule has 0 aromatic heterocycles. The van der Waals surface area contributed by atoms with Crippen molar-refractivity contribution in [2.24, 2.45) is 0 Å². The molecule has 1 aromatic carbocycles. The number of aliphatic hydroxyl groups excluding tert-OH is 1. The number of aliphatic hydroxyl groups is 1. The number of benzene rings is 1. The maximum atomic E-state index is 10.6. The van der Waals surface area contributed by atoms with E-state index < -0.39 is 12.0 Å². The summed E-state index contributed by atoms with van der Waals surface area (Å²) in [6, 6.07) is 0. The van der Waals surface area contributed by atoms with E-state index in [1.807, 2.05) is 45.9 Å². The minimum absolute atomic E-state index is 0.0442. The van der Waals surface area contributed by atoms with Gasteiger partial charge in [0.15, 0.2) is 11.5 Å². The number of phenols is 2. The lowest BCUT2D eigenvalue weighted by molar-refractivity contribution is 0.262. The molecule has 1 rings (SSSR count). The van der Waals surface area contributed by atoms with Crippen LogP contribution in [0.5, 0.6) is 17.2 Å². The third kappa shape index (κ3) is 3.28. The molecule has 4 heteroatoms. The highest BCUT2D eigenvalue weighted by atomic mass is 16.5. The largest absolute Gasteiger partial charge is 0.507 e. The van der Waals surface area contributed by atoms with Gasteiger partial charge in [-0.1, -0.05) is 37.6 Å². The maximum Gasteiger partial charge on any atom is 0.170 e. The highest BCUT2D eigenvalue weighted by Crippen LogP contribution is 2.48. The van der Waals surface area contributed by atoms with Gasteiger partial charge in [-0.15, -0.1) is 0 Å². The lowest BCUT2D eigenvalue weighted by atomic mass is 9.78. The second-order valence-corrected chi connectivity index (χ2v) is 5.98. The fraction of sp³-hybridized carbons (Fsp3) is 0.444. The molecule has 0 aliphatic heterocycles. The Morgan fingerprint density at radius 1 is 1.23 bits per heavy atom. The molecule has 122 valence electrons. The van der Waals surface area contributed by atoms with Crippen molar-refractivity contribution in [2.75, 3.05) is 7.11 Å². The van der Waals surface area contributed by atoms with Crippen LogP contribution in [0.25, 0.3) is 0 Å². The second-order valence-electron chi connectivity index (χ2n) is 5.98. The topological polar surface area (TPSA) is 69.9 Å². The van der Waals surface area contributed by atoms with Crippen molar-refractivity contribution in [3.05, 3.63) is 40.5 Å². The first kappa shape index (κ1) is 18.1. The van der Waals surface area contributed by atoms with E-state index in [0.717, 1.165) is 5.57 Å². The Hall–Kier alpha value is -1.94. The summed E-state index contributed by atoms with van der Waals surface area (Å²) >= 11 is 0. The Kier molecular flexibility index (Phi) is 5.66. The molecule has 0 amide bonds. The van der Waals surface area contributed by atoms with Gasteiger partial charge in [-0.3, -0.25) is 0 Å². The number of ether oxygens (including phenoxy) is 1. The van der Waals surface area contributed by atoms with Gasteiger partial charge in [-0.25, -0.2) is 0 Å². The average molecular weight is 306 g/mol. The molecule has 0 saturated carbocycles. The molecule has 0 fully saturated rings. The zero-order valence-corrected chi connectivity index (χ0v) is 14.2. The van der Waals surface area contributed by atoms with Crippen molar-refractivity contribution >= 4 is 0 Å². The second kappa shape index (κ2) is 6.88. The molecular weight excluding hydrogens is 280 g/mol. The van der Waals surface area contributed by atoms with Crippen LogP contribution in [0.15, 0.2) is 23.8 Å². The van der Waals surface area contributed by atoms with Gasteiger partial charge >= 0.3 is 0 Å². The van der Waals surface area contributed by atoms with Crippen molar-refractivity contribution in [1.29, 1.82) is 0 Å². The van der Waals surface area contributed by atoms with E-state index >= 15 is 0 Å². The van der Waals surface area contributed by atoms with Crippen LogP contribution in [0.3, 0.4) is 0 Å². The van der Waals surface area contributed by atoms with E-state index in [9.17, 15) is 15.3 Å². The van der Waals surface area contributed by atoms with E-state index in [2.05, 4.69) is 0 Å². The molecule has 0 radical (unpaired) electrons. The fourth-order valence-electron chi connectivity index (χ4n) is 2.99. The lowest BCUT2D eigenvalue weighted by Gasteiger charge is -2.28. The molecule has 0 aliphatic carbocycles. The highest BCUT2D eigenvalue weighted by Gasteiger charge is 2.30. The molecule has 0 spiro atoms. The van der Waals surface area contributed by atoms with E-state index in [0.29, 0.717) is 11.1 Å². The number of allylic oxidation sites excluding steroid dienone is 4. The van der Waals surface area contributed by atoms with Crippen LogP contribution in [0.1, 0.15) is 44.4 Å². The minimum Gasteiger partial charge on any atom is -0.507 e. The van der Waals surface area contributed by atoms with Crippen LogP contribution in [-0.4, -0.2) is 22.4 Å². The lowest BCUT2D eigenvalue weighted by Crippen LogP contribution is -2.17. The third-order valence-corrected chi connectivity index (χ3v) is 3.77. The fourth-order valence-corrected chi connectivity index (χ4v) is 2.99. The van der Waals surface area contributed by atoms with Gasteiger partial charge in [-0.2, -0.15) is 0 Å². The minimum atomic E-state index is -0.517.